The zero-order chi connectivity index (χ0) is 12.4. The molecule has 0 saturated carbocycles. The summed E-state index contributed by atoms with van der Waals surface area (Å²) in [5.74, 6) is -0.589. The maximum Gasteiger partial charge on any atom is 0.324 e. The van der Waals surface area contributed by atoms with Gasteiger partial charge in [0.1, 0.15) is 6.04 Å². The van der Waals surface area contributed by atoms with Crippen LogP contribution in [0.4, 0.5) is 0 Å². The highest BCUT2D eigenvalue weighted by molar-refractivity contribution is 5.98. The van der Waals surface area contributed by atoms with Crippen LogP contribution in [0.25, 0.3) is 0 Å². The Labute approximate surface area is 99.2 Å². The first kappa shape index (κ1) is 11.6. The van der Waals surface area contributed by atoms with Gasteiger partial charge in [0.2, 0.25) is 0 Å². The summed E-state index contributed by atoms with van der Waals surface area (Å²) in [6, 6.07) is 6.59. The first-order valence-electron chi connectivity index (χ1n) is 5.34. The SMILES string of the molecule is COC(=O)C(N)CN1Cc2ccccc2C1=O. The average Bonchev–Trinajstić information content (AvgIpc) is 2.66. The van der Waals surface area contributed by atoms with Gasteiger partial charge >= 0.3 is 5.97 Å². The van der Waals surface area contributed by atoms with Crippen molar-refractivity contribution < 1.29 is 14.3 Å². The number of benzene rings is 1. The van der Waals surface area contributed by atoms with Crippen molar-refractivity contribution >= 4 is 11.9 Å². The number of amides is 1. The highest BCUT2D eigenvalue weighted by atomic mass is 16.5. The van der Waals surface area contributed by atoms with Crippen LogP contribution in [0.15, 0.2) is 24.3 Å². The number of rotatable bonds is 3. The minimum atomic E-state index is -0.793. The Morgan fingerprint density at radius 3 is 2.88 bits per heavy atom. The van der Waals surface area contributed by atoms with Crippen LogP contribution >= 0.6 is 0 Å². The van der Waals surface area contributed by atoms with Crippen molar-refractivity contribution in [2.24, 2.45) is 5.73 Å². The Kier molecular flexibility index (Phi) is 3.10. The first-order valence-corrected chi connectivity index (χ1v) is 5.34. The fourth-order valence-corrected chi connectivity index (χ4v) is 1.93. The molecule has 1 aromatic carbocycles. The highest BCUT2D eigenvalue weighted by Gasteiger charge is 2.29. The Hall–Kier alpha value is -1.88. The smallest absolute Gasteiger partial charge is 0.324 e. The lowest BCUT2D eigenvalue weighted by molar-refractivity contribution is -0.142. The van der Waals surface area contributed by atoms with Crippen molar-refractivity contribution in [1.29, 1.82) is 0 Å². The van der Waals surface area contributed by atoms with E-state index in [9.17, 15) is 9.59 Å². The molecule has 2 rings (SSSR count). The van der Waals surface area contributed by atoms with Crippen LogP contribution in [-0.2, 0) is 16.1 Å². The molecule has 0 spiro atoms. The van der Waals surface area contributed by atoms with Gasteiger partial charge in [-0.1, -0.05) is 18.2 Å². The number of carbonyl (C=O) groups is 2. The Bertz CT molecular complexity index is 459. The van der Waals surface area contributed by atoms with E-state index in [1.807, 2.05) is 18.2 Å². The van der Waals surface area contributed by atoms with E-state index < -0.39 is 12.0 Å². The third kappa shape index (κ3) is 2.14. The van der Waals surface area contributed by atoms with Crippen LogP contribution in [-0.4, -0.2) is 36.5 Å². The maximum absolute atomic E-state index is 12.0. The predicted molar refractivity (Wildman–Crippen MR) is 61.2 cm³/mol. The number of fused-ring (bicyclic) bond motifs is 1. The Morgan fingerprint density at radius 1 is 1.53 bits per heavy atom. The fourth-order valence-electron chi connectivity index (χ4n) is 1.93. The van der Waals surface area contributed by atoms with Gasteiger partial charge in [-0.3, -0.25) is 9.59 Å². The third-order valence-corrected chi connectivity index (χ3v) is 2.82. The summed E-state index contributed by atoms with van der Waals surface area (Å²) in [4.78, 5) is 24.7. The second-order valence-corrected chi connectivity index (χ2v) is 3.97. The number of ether oxygens (including phenoxy) is 1. The zero-order valence-corrected chi connectivity index (χ0v) is 9.55. The average molecular weight is 234 g/mol. The molecule has 0 fully saturated rings. The molecule has 0 aliphatic carbocycles. The number of hydrogen-bond acceptors (Lipinski definition) is 4. The maximum atomic E-state index is 12.0. The van der Waals surface area contributed by atoms with E-state index >= 15 is 0 Å². The van der Waals surface area contributed by atoms with Crippen LogP contribution < -0.4 is 5.73 Å². The normalized spacial score (nSPS) is 15.6. The lowest BCUT2D eigenvalue weighted by Gasteiger charge is -2.18. The molecule has 0 radical (unpaired) electrons. The summed E-state index contributed by atoms with van der Waals surface area (Å²) < 4.78 is 4.53. The second kappa shape index (κ2) is 4.55. The number of esters is 1. The predicted octanol–water partition coefficient (Wildman–Crippen LogP) is 0.143. The van der Waals surface area contributed by atoms with Crippen LogP contribution in [0.3, 0.4) is 0 Å². The van der Waals surface area contributed by atoms with Crippen molar-refractivity contribution in [2.75, 3.05) is 13.7 Å². The molecule has 1 aliphatic heterocycles. The molecule has 1 heterocycles. The number of nitrogens with zero attached hydrogens (tertiary/aromatic N) is 1. The molecule has 0 aromatic heterocycles. The fraction of sp³-hybridized carbons (Fsp3) is 0.333. The highest BCUT2D eigenvalue weighted by Crippen LogP contribution is 2.22. The molecule has 2 N–H and O–H groups in total. The van der Waals surface area contributed by atoms with Gasteiger partial charge in [-0.15, -0.1) is 0 Å². The summed E-state index contributed by atoms with van der Waals surface area (Å²) in [7, 11) is 1.28. The van der Waals surface area contributed by atoms with Gasteiger partial charge in [0, 0.05) is 18.7 Å². The van der Waals surface area contributed by atoms with Crippen LogP contribution in [0.2, 0.25) is 0 Å². The van der Waals surface area contributed by atoms with Gasteiger partial charge in [-0.2, -0.15) is 0 Å². The second-order valence-electron chi connectivity index (χ2n) is 3.97. The zero-order valence-electron chi connectivity index (χ0n) is 9.55. The molecule has 1 aliphatic rings. The van der Waals surface area contributed by atoms with Crippen LogP contribution in [0, 0.1) is 0 Å². The van der Waals surface area contributed by atoms with E-state index in [1.165, 1.54) is 7.11 Å². The van der Waals surface area contributed by atoms with E-state index in [2.05, 4.69) is 4.74 Å². The third-order valence-electron chi connectivity index (χ3n) is 2.82. The number of nitrogens with two attached hydrogens (primary N) is 1. The molecule has 5 heteroatoms. The summed E-state index contributed by atoms with van der Waals surface area (Å²) in [6.45, 7) is 0.680. The molecule has 0 saturated heterocycles. The van der Waals surface area contributed by atoms with Crippen molar-refractivity contribution in [3.05, 3.63) is 35.4 Å². The van der Waals surface area contributed by atoms with Crippen molar-refractivity contribution in [2.45, 2.75) is 12.6 Å². The largest absolute Gasteiger partial charge is 0.468 e. The Balaban J connectivity index is 2.08. The van der Waals surface area contributed by atoms with Gasteiger partial charge in [-0.05, 0) is 11.6 Å². The van der Waals surface area contributed by atoms with Crippen LogP contribution in [0.5, 0.6) is 0 Å². The van der Waals surface area contributed by atoms with Crippen molar-refractivity contribution in [3.8, 4) is 0 Å². The quantitative estimate of drug-likeness (QED) is 0.755. The van der Waals surface area contributed by atoms with Crippen molar-refractivity contribution in [1.82, 2.24) is 4.90 Å². The summed E-state index contributed by atoms with van der Waals surface area (Å²) in [5, 5.41) is 0. The van der Waals surface area contributed by atoms with Gasteiger partial charge < -0.3 is 15.4 Å². The van der Waals surface area contributed by atoms with Gasteiger partial charge in [0.05, 0.1) is 7.11 Å². The topological polar surface area (TPSA) is 72.6 Å². The molecule has 1 amide bonds. The van der Waals surface area contributed by atoms with E-state index in [1.54, 1.807) is 11.0 Å². The van der Waals surface area contributed by atoms with E-state index in [-0.39, 0.29) is 12.5 Å². The first-order chi connectivity index (χ1) is 8.13. The van der Waals surface area contributed by atoms with Gasteiger partial charge in [-0.25, -0.2) is 0 Å². The lowest BCUT2D eigenvalue weighted by Crippen LogP contribution is -2.43. The van der Waals surface area contributed by atoms with E-state index in [0.717, 1.165) is 5.56 Å². The van der Waals surface area contributed by atoms with Gasteiger partial charge in [0.15, 0.2) is 0 Å². The van der Waals surface area contributed by atoms with Crippen LogP contribution in [0.1, 0.15) is 15.9 Å². The molecule has 90 valence electrons. The van der Waals surface area contributed by atoms with Gasteiger partial charge in [0.25, 0.3) is 5.91 Å². The molecular weight excluding hydrogens is 220 g/mol. The number of methoxy groups -OCH3 is 1. The number of carbonyl (C=O) groups excluding carboxylic acids is 2. The van der Waals surface area contributed by atoms with E-state index in [0.29, 0.717) is 12.1 Å². The van der Waals surface area contributed by atoms with Crippen molar-refractivity contribution in [3.63, 3.8) is 0 Å². The molecule has 1 unspecified atom stereocenters. The monoisotopic (exact) mass is 234 g/mol. The molecule has 17 heavy (non-hydrogen) atoms. The summed E-state index contributed by atoms with van der Waals surface area (Å²) in [6.07, 6.45) is 0. The standard InChI is InChI=1S/C12H14N2O3/c1-17-12(16)10(13)7-14-6-8-4-2-3-5-9(8)11(14)15/h2-5,10H,6-7,13H2,1H3. The molecule has 0 bridgehead atoms. The molecule has 1 atom stereocenters. The summed E-state index contributed by atoms with van der Waals surface area (Å²) in [5.41, 5.74) is 7.29. The lowest BCUT2D eigenvalue weighted by atomic mass is 10.1. The minimum absolute atomic E-state index is 0.0834. The molecule has 5 nitrogen and oxygen atoms in total. The molecule has 1 aromatic rings. The number of hydrogen-bond donors (Lipinski definition) is 1. The molecular formula is C12H14N2O3. The summed E-state index contributed by atoms with van der Waals surface area (Å²) >= 11 is 0. The minimum Gasteiger partial charge on any atom is -0.468 e. The van der Waals surface area contributed by atoms with E-state index in [4.69, 9.17) is 5.73 Å². The Morgan fingerprint density at radius 2 is 2.24 bits per heavy atom.